The molecule has 0 radical (unpaired) electrons. The van der Waals surface area contributed by atoms with Crippen molar-refractivity contribution in [1.29, 1.82) is 0 Å². The minimum atomic E-state index is -0.716. The zero-order valence-electron chi connectivity index (χ0n) is 12.0. The first kappa shape index (κ1) is 14.2. The molecule has 116 valence electrons. The van der Waals surface area contributed by atoms with Gasteiger partial charge in [-0.05, 0) is 18.8 Å². The number of ether oxygens (including phenoxy) is 1. The molecule has 0 aromatic carbocycles. The van der Waals surface area contributed by atoms with Crippen LogP contribution in [-0.2, 0) is 11.3 Å². The Kier molecular flexibility index (Phi) is 3.29. The predicted octanol–water partition coefficient (Wildman–Crippen LogP) is -1.27. The van der Waals surface area contributed by atoms with Crippen LogP contribution in [0, 0.1) is 5.92 Å². The van der Waals surface area contributed by atoms with Crippen LogP contribution in [-0.4, -0.2) is 47.1 Å². The van der Waals surface area contributed by atoms with Crippen LogP contribution < -0.4 is 21.9 Å². The fourth-order valence-electron chi connectivity index (χ4n) is 2.94. The van der Waals surface area contributed by atoms with Gasteiger partial charge in [0.1, 0.15) is 17.1 Å². The Morgan fingerprint density at radius 3 is 2.67 bits per heavy atom. The van der Waals surface area contributed by atoms with Crippen LogP contribution in [0.2, 0.25) is 0 Å². The number of aliphatic hydroxyl groups is 1. The summed E-state index contributed by atoms with van der Waals surface area (Å²) in [5.41, 5.74) is 4.47. The van der Waals surface area contributed by atoms with Crippen molar-refractivity contribution in [1.82, 2.24) is 9.55 Å². The first-order valence-corrected chi connectivity index (χ1v) is 7.05. The van der Waals surface area contributed by atoms with Crippen molar-refractivity contribution in [2.75, 3.05) is 37.4 Å². The molecule has 0 amide bonds. The number of β-amino-alcohol motifs (C(OH)–C–C–N with tert-alkyl or cyclic N) is 1. The molecule has 8 nitrogen and oxygen atoms in total. The lowest BCUT2D eigenvalue weighted by atomic mass is 9.88. The first-order chi connectivity index (χ1) is 9.96. The second-order valence-electron chi connectivity index (χ2n) is 5.87. The van der Waals surface area contributed by atoms with E-state index in [0.717, 1.165) is 12.8 Å². The van der Waals surface area contributed by atoms with E-state index in [4.69, 9.17) is 10.5 Å². The Morgan fingerprint density at radius 1 is 1.43 bits per heavy atom. The number of nitrogen functional groups attached to an aromatic ring is 1. The Hall–Kier alpha value is -1.80. The number of rotatable bonds is 5. The molecular weight excluding hydrogens is 276 g/mol. The van der Waals surface area contributed by atoms with Crippen LogP contribution >= 0.6 is 0 Å². The average molecular weight is 296 g/mol. The van der Waals surface area contributed by atoms with Gasteiger partial charge in [-0.1, -0.05) is 0 Å². The summed E-state index contributed by atoms with van der Waals surface area (Å²) in [6.07, 6.45) is 2.06. The van der Waals surface area contributed by atoms with Gasteiger partial charge in [-0.15, -0.1) is 0 Å². The number of nitrogens with two attached hydrogens (primary N) is 1. The third-order valence-electron chi connectivity index (χ3n) is 4.32. The number of aromatic amines is 1. The SMILES string of the molecule is COCCn1c(N)c(N2CC(O)(C3CC3)C2)c(=O)[nH]c1=O. The lowest BCUT2D eigenvalue weighted by molar-refractivity contribution is -0.00942. The van der Waals surface area contributed by atoms with E-state index >= 15 is 0 Å². The van der Waals surface area contributed by atoms with Crippen molar-refractivity contribution in [2.24, 2.45) is 5.92 Å². The van der Waals surface area contributed by atoms with Gasteiger partial charge in [0.2, 0.25) is 0 Å². The maximum Gasteiger partial charge on any atom is 0.330 e. The van der Waals surface area contributed by atoms with E-state index in [-0.39, 0.29) is 18.1 Å². The van der Waals surface area contributed by atoms with Crippen LogP contribution in [0.4, 0.5) is 11.5 Å². The van der Waals surface area contributed by atoms with Crippen LogP contribution in [0.1, 0.15) is 12.8 Å². The van der Waals surface area contributed by atoms with Gasteiger partial charge in [0.15, 0.2) is 0 Å². The van der Waals surface area contributed by atoms with E-state index in [2.05, 4.69) is 4.98 Å². The second kappa shape index (κ2) is 4.88. The molecular formula is C13H20N4O4. The predicted molar refractivity (Wildman–Crippen MR) is 77.5 cm³/mol. The minimum Gasteiger partial charge on any atom is -0.386 e. The van der Waals surface area contributed by atoms with Crippen molar-refractivity contribution < 1.29 is 9.84 Å². The minimum absolute atomic E-state index is 0.124. The highest BCUT2D eigenvalue weighted by Crippen LogP contribution is 2.45. The molecule has 0 atom stereocenters. The number of methoxy groups -OCH3 is 1. The van der Waals surface area contributed by atoms with Crippen LogP contribution in [0.15, 0.2) is 9.59 Å². The van der Waals surface area contributed by atoms with Crippen molar-refractivity contribution in [3.63, 3.8) is 0 Å². The van der Waals surface area contributed by atoms with Crippen molar-refractivity contribution in [3.8, 4) is 0 Å². The summed E-state index contributed by atoms with van der Waals surface area (Å²) in [7, 11) is 1.53. The maximum atomic E-state index is 12.0. The molecule has 2 fully saturated rings. The standard InChI is InChI=1S/C13H20N4O4/c1-21-5-4-17-10(14)9(11(18)15-12(17)19)16-6-13(20,7-16)8-2-3-8/h8,20H,2-7,14H2,1H3,(H,15,18,19). The number of hydrogen-bond donors (Lipinski definition) is 3. The Morgan fingerprint density at radius 2 is 2.10 bits per heavy atom. The molecule has 0 unspecified atom stereocenters. The molecule has 4 N–H and O–H groups in total. The summed E-state index contributed by atoms with van der Waals surface area (Å²) in [5, 5.41) is 10.3. The van der Waals surface area contributed by atoms with Crippen LogP contribution in [0.5, 0.6) is 0 Å². The molecule has 1 aromatic heterocycles. The Labute approximate surface area is 121 Å². The highest BCUT2D eigenvalue weighted by molar-refractivity contribution is 5.64. The number of anilines is 2. The molecule has 8 heteroatoms. The van der Waals surface area contributed by atoms with E-state index in [1.807, 2.05) is 0 Å². The lowest BCUT2D eigenvalue weighted by Gasteiger charge is -2.48. The molecule has 2 heterocycles. The molecule has 1 aliphatic carbocycles. The number of nitrogens with one attached hydrogen (secondary N) is 1. The molecule has 1 saturated carbocycles. The number of H-pyrrole nitrogens is 1. The van der Waals surface area contributed by atoms with Crippen molar-refractivity contribution >= 4 is 11.5 Å². The molecule has 0 bridgehead atoms. The topological polar surface area (TPSA) is 114 Å². The Balaban J connectivity index is 1.88. The quantitative estimate of drug-likeness (QED) is 0.624. The fourth-order valence-corrected chi connectivity index (χ4v) is 2.94. The van der Waals surface area contributed by atoms with Gasteiger partial charge in [0.25, 0.3) is 5.56 Å². The van der Waals surface area contributed by atoms with E-state index in [9.17, 15) is 14.7 Å². The highest BCUT2D eigenvalue weighted by atomic mass is 16.5. The second-order valence-corrected chi connectivity index (χ2v) is 5.87. The average Bonchev–Trinajstić information content (AvgIpc) is 3.20. The van der Waals surface area contributed by atoms with Gasteiger partial charge in [-0.2, -0.15) is 0 Å². The van der Waals surface area contributed by atoms with E-state index in [1.54, 1.807) is 4.90 Å². The maximum absolute atomic E-state index is 12.0. The summed E-state index contributed by atoms with van der Waals surface area (Å²) < 4.78 is 6.23. The van der Waals surface area contributed by atoms with Gasteiger partial charge in [-0.25, -0.2) is 4.79 Å². The zero-order valence-corrected chi connectivity index (χ0v) is 12.0. The number of hydrogen-bond acceptors (Lipinski definition) is 6. The fraction of sp³-hybridized carbons (Fsp3) is 0.692. The first-order valence-electron chi connectivity index (χ1n) is 7.05. The van der Waals surface area contributed by atoms with Crippen LogP contribution in [0.3, 0.4) is 0 Å². The highest BCUT2D eigenvalue weighted by Gasteiger charge is 2.52. The third-order valence-corrected chi connectivity index (χ3v) is 4.32. The smallest absolute Gasteiger partial charge is 0.330 e. The Bertz CT molecular complexity index is 655. The summed E-state index contributed by atoms with van der Waals surface area (Å²) in [4.78, 5) is 27.8. The van der Waals surface area contributed by atoms with E-state index in [0.29, 0.717) is 25.6 Å². The molecule has 1 saturated heterocycles. The summed E-state index contributed by atoms with van der Waals surface area (Å²) in [6.45, 7) is 1.36. The molecule has 1 aliphatic heterocycles. The van der Waals surface area contributed by atoms with E-state index < -0.39 is 16.9 Å². The van der Waals surface area contributed by atoms with Crippen LogP contribution in [0.25, 0.3) is 0 Å². The zero-order chi connectivity index (χ0) is 15.2. The third kappa shape index (κ3) is 2.34. The molecule has 2 aliphatic rings. The summed E-state index contributed by atoms with van der Waals surface area (Å²) in [6, 6.07) is 0. The largest absolute Gasteiger partial charge is 0.386 e. The lowest BCUT2D eigenvalue weighted by Crippen LogP contribution is -2.64. The number of nitrogens with zero attached hydrogens (tertiary/aromatic N) is 2. The molecule has 3 rings (SSSR count). The van der Waals surface area contributed by atoms with Gasteiger partial charge < -0.3 is 20.5 Å². The van der Waals surface area contributed by atoms with Gasteiger partial charge >= 0.3 is 5.69 Å². The van der Waals surface area contributed by atoms with Gasteiger partial charge in [0.05, 0.1) is 13.2 Å². The van der Waals surface area contributed by atoms with Gasteiger partial charge in [-0.3, -0.25) is 14.3 Å². The van der Waals surface area contributed by atoms with Gasteiger partial charge in [0, 0.05) is 20.2 Å². The number of aromatic nitrogens is 2. The monoisotopic (exact) mass is 296 g/mol. The van der Waals surface area contributed by atoms with Crippen molar-refractivity contribution in [3.05, 3.63) is 20.8 Å². The molecule has 0 spiro atoms. The molecule has 21 heavy (non-hydrogen) atoms. The van der Waals surface area contributed by atoms with E-state index in [1.165, 1.54) is 11.7 Å². The van der Waals surface area contributed by atoms with Crippen molar-refractivity contribution in [2.45, 2.75) is 25.0 Å². The summed E-state index contributed by atoms with van der Waals surface area (Å²) in [5.74, 6) is 0.451. The normalized spacial score (nSPS) is 20.4. The summed E-state index contributed by atoms with van der Waals surface area (Å²) >= 11 is 0. The molecule has 1 aromatic rings.